The molecular formula is C15H10Br2O. The summed E-state index contributed by atoms with van der Waals surface area (Å²) in [6, 6.07) is 15.2. The Morgan fingerprint density at radius 3 is 2.28 bits per heavy atom. The highest BCUT2D eigenvalue weighted by molar-refractivity contribution is 9.10. The van der Waals surface area contributed by atoms with E-state index in [0.717, 1.165) is 14.5 Å². The molecule has 0 spiro atoms. The fourth-order valence-corrected chi connectivity index (χ4v) is 2.24. The molecule has 0 saturated carbocycles. The minimum absolute atomic E-state index is 0.00889. The van der Waals surface area contributed by atoms with Crippen LogP contribution in [0.4, 0.5) is 0 Å². The smallest absolute Gasteiger partial charge is 0.186 e. The summed E-state index contributed by atoms with van der Waals surface area (Å²) in [5.41, 5.74) is 1.67. The Balaban J connectivity index is 2.17. The van der Waals surface area contributed by atoms with Gasteiger partial charge in [0.25, 0.3) is 0 Å². The highest BCUT2D eigenvalue weighted by Gasteiger charge is 2.04. The molecule has 0 aliphatic carbocycles. The summed E-state index contributed by atoms with van der Waals surface area (Å²) in [5, 5.41) is 0. The molecule has 0 bridgehead atoms. The second kappa shape index (κ2) is 6.12. The van der Waals surface area contributed by atoms with Gasteiger partial charge in [0, 0.05) is 14.5 Å². The van der Waals surface area contributed by atoms with Crippen LogP contribution >= 0.6 is 31.9 Å². The van der Waals surface area contributed by atoms with Gasteiger partial charge in [-0.1, -0.05) is 62.2 Å². The van der Waals surface area contributed by atoms with Gasteiger partial charge in [0.1, 0.15) is 0 Å². The number of carbonyl (C=O) groups is 1. The topological polar surface area (TPSA) is 17.1 Å². The molecule has 0 amide bonds. The van der Waals surface area contributed by atoms with Crippen LogP contribution in [0, 0.1) is 0 Å². The Labute approximate surface area is 123 Å². The van der Waals surface area contributed by atoms with Gasteiger partial charge in [-0.05, 0) is 35.9 Å². The lowest BCUT2D eigenvalue weighted by Crippen LogP contribution is -1.94. The number of hydrogen-bond donors (Lipinski definition) is 0. The normalized spacial score (nSPS) is 10.8. The maximum atomic E-state index is 12.0. The summed E-state index contributed by atoms with van der Waals surface area (Å²) >= 11 is 6.75. The number of carbonyl (C=O) groups excluding carboxylic acids is 1. The van der Waals surface area contributed by atoms with E-state index in [1.807, 2.05) is 48.5 Å². The van der Waals surface area contributed by atoms with Gasteiger partial charge < -0.3 is 0 Å². The van der Waals surface area contributed by atoms with Gasteiger partial charge in [-0.3, -0.25) is 4.79 Å². The van der Waals surface area contributed by atoms with Crippen LogP contribution in [0.1, 0.15) is 15.9 Å². The van der Waals surface area contributed by atoms with E-state index in [-0.39, 0.29) is 5.78 Å². The maximum Gasteiger partial charge on any atom is 0.186 e. The Hall–Kier alpha value is -1.19. The van der Waals surface area contributed by atoms with E-state index >= 15 is 0 Å². The number of allylic oxidation sites excluding steroid dienone is 1. The summed E-state index contributed by atoms with van der Waals surface area (Å²) in [7, 11) is 0. The van der Waals surface area contributed by atoms with Crippen molar-refractivity contribution >= 4 is 43.7 Å². The first-order chi connectivity index (χ1) is 8.66. The summed E-state index contributed by atoms with van der Waals surface area (Å²) in [4.78, 5) is 12.0. The van der Waals surface area contributed by atoms with Gasteiger partial charge >= 0.3 is 0 Å². The van der Waals surface area contributed by atoms with Gasteiger partial charge in [0.15, 0.2) is 5.78 Å². The fourth-order valence-electron chi connectivity index (χ4n) is 1.50. The van der Waals surface area contributed by atoms with Crippen molar-refractivity contribution in [3.8, 4) is 0 Å². The summed E-state index contributed by atoms with van der Waals surface area (Å²) in [6.07, 6.45) is 3.40. The van der Waals surface area contributed by atoms with E-state index < -0.39 is 0 Å². The first kappa shape index (κ1) is 13.2. The highest BCUT2D eigenvalue weighted by Crippen LogP contribution is 2.17. The molecule has 0 unspecified atom stereocenters. The van der Waals surface area contributed by atoms with Gasteiger partial charge in [-0.15, -0.1) is 0 Å². The van der Waals surface area contributed by atoms with E-state index in [0.29, 0.717) is 5.56 Å². The van der Waals surface area contributed by atoms with Crippen molar-refractivity contribution in [2.45, 2.75) is 0 Å². The van der Waals surface area contributed by atoms with Gasteiger partial charge in [0.2, 0.25) is 0 Å². The first-order valence-electron chi connectivity index (χ1n) is 5.39. The van der Waals surface area contributed by atoms with E-state index in [2.05, 4.69) is 31.9 Å². The third-order valence-corrected chi connectivity index (χ3v) is 3.66. The van der Waals surface area contributed by atoms with Crippen LogP contribution in [-0.2, 0) is 0 Å². The average molecular weight is 366 g/mol. The van der Waals surface area contributed by atoms with Crippen LogP contribution in [0.5, 0.6) is 0 Å². The summed E-state index contributed by atoms with van der Waals surface area (Å²) in [5.74, 6) is -0.00889. The monoisotopic (exact) mass is 364 g/mol. The van der Waals surface area contributed by atoms with Crippen molar-refractivity contribution in [2.24, 2.45) is 0 Å². The van der Waals surface area contributed by atoms with Crippen molar-refractivity contribution in [3.05, 3.63) is 74.7 Å². The highest BCUT2D eigenvalue weighted by atomic mass is 79.9. The lowest BCUT2D eigenvalue weighted by atomic mass is 10.1. The number of benzene rings is 2. The fraction of sp³-hybridized carbons (Fsp3) is 0. The molecule has 2 aromatic rings. The summed E-state index contributed by atoms with van der Waals surface area (Å²) in [6.45, 7) is 0. The van der Waals surface area contributed by atoms with E-state index in [1.54, 1.807) is 12.1 Å². The largest absolute Gasteiger partial charge is 0.289 e. The second-order valence-electron chi connectivity index (χ2n) is 3.73. The molecule has 0 fully saturated rings. The molecule has 0 aliphatic rings. The van der Waals surface area contributed by atoms with Crippen molar-refractivity contribution in [2.75, 3.05) is 0 Å². The third kappa shape index (κ3) is 3.40. The van der Waals surface area contributed by atoms with Gasteiger partial charge in [-0.25, -0.2) is 0 Å². The molecule has 2 aromatic carbocycles. The Morgan fingerprint density at radius 1 is 0.944 bits per heavy atom. The Morgan fingerprint density at radius 2 is 1.61 bits per heavy atom. The molecule has 0 aromatic heterocycles. The lowest BCUT2D eigenvalue weighted by Gasteiger charge is -1.99. The number of ketones is 1. The molecule has 0 N–H and O–H groups in total. The third-order valence-electron chi connectivity index (χ3n) is 2.44. The SMILES string of the molecule is O=C(C=Cc1ccc(Br)cc1)c1ccccc1Br. The molecule has 3 heteroatoms. The van der Waals surface area contributed by atoms with E-state index in [9.17, 15) is 4.79 Å². The van der Waals surface area contributed by atoms with Crippen molar-refractivity contribution < 1.29 is 4.79 Å². The first-order valence-corrected chi connectivity index (χ1v) is 6.98. The number of rotatable bonds is 3. The van der Waals surface area contributed by atoms with Crippen LogP contribution in [0.15, 0.2) is 63.6 Å². The zero-order chi connectivity index (χ0) is 13.0. The number of hydrogen-bond acceptors (Lipinski definition) is 1. The molecule has 0 saturated heterocycles. The standard InChI is InChI=1S/C15H10Br2O/c16-12-8-5-11(6-9-12)7-10-15(18)13-3-1-2-4-14(13)17/h1-10H. The molecular weight excluding hydrogens is 356 g/mol. The van der Waals surface area contributed by atoms with Gasteiger partial charge in [0.05, 0.1) is 0 Å². The molecule has 0 aliphatic heterocycles. The van der Waals surface area contributed by atoms with Crippen LogP contribution in [0.2, 0.25) is 0 Å². The average Bonchev–Trinajstić information content (AvgIpc) is 2.38. The van der Waals surface area contributed by atoms with Crippen molar-refractivity contribution in [1.29, 1.82) is 0 Å². The maximum absolute atomic E-state index is 12.0. The predicted octanol–water partition coefficient (Wildman–Crippen LogP) is 5.11. The lowest BCUT2D eigenvalue weighted by molar-refractivity contribution is 0.104. The van der Waals surface area contributed by atoms with Crippen LogP contribution in [-0.4, -0.2) is 5.78 Å². The minimum atomic E-state index is -0.00889. The quantitative estimate of drug-likeness (QED) is 0.545. The minimum Gasteiger partial charge on any atom is -0.289 e. The Kier molecular flexibility index (Phi) is 4.50. The van der Waals surface area contributed by atoms with Crippen LogP contribution < -0.4 is 0 Å². The zero-order valence-corrected chi connectivity index (χ0v) is 12.6. The van der Waals surface area contributed by atoms with Crippen molar-refractivity contribution in [1.82, 2.24) is 0 Å². The predicted molar refractivity (Wildman–Crippen MR) is 81.6 cm³/mol. The van der Waals surface area contributed by atoms with Crippen LogP contribution in [0.25, 0.3) is 6.08 Å². The molecule has 18 heavy (non-hydrogen) atoms. The molecule has 0 radical (unpaired) electrons. The zero-order valence-electron chi connectivity index (χ0n) is 9.44. The molecule has 0 atom stereocenters. The molecule has 1 nitrogen and oxygen atoms in total. The molecule has 0 heterocycles. The molecule has 90 valence electrons. The van der Waals surface area contributed by atoms with Crippen molar-refractivity contribution in [3.63, 3.8) is 0 Å². The van der Waals surface area contributed by atoms with Gasteiger partial charge in [-0.2, -0.15) is 0 Å². The van der Waals surface area contributed by atoms with E-state index in [1.165, 1.54) is 0 Å². The van der Waals surface area contributed by atoms with E-state index in [4.69, 9.17) is 0 Å². The molecule has 2 rings (SSSR count). The Bertz CT molecular complexity index is 586. The summed E-state index contributed by atoms with van der Waals surface area (Å²) < 4.78 is 1.84. The second-order valence-corrected chi connectivity index (χ2v) is 5.50. The van der Waals surface area contributed by atoms with Crippen LogP contribution in [0.3, 0.4) is 0 Å². The number of halogens is 2.